The summed E-state index contributed by atoms with van der Waals surface area (Å²) in [4.78, 5) is 10.8. The second-order valence-electron chi connectivity index (χ2n) is 5.02. The summed E-state index contributed by atoms with van der Waals surface area (Å²) in [7, 11) is -3.01. The Hall–Kier alpha value is -1.92. The van der Waals surface area contributed by atoms with Gasteiger partial charge >= 0.3 is 6.09 Å². The molecule has 24 heavy (non-hydrogen) atoms. The van der Waals surface area contributed by atoms with Crippen molar-refractivity contribution in [2.75, 3.05) is 19.0 Å². The number of rotatable bonds is 5. The lowest BCUT2D eigenvalue weighted by molar-refractivity contribution is -0.0153. The number of anilines is 1. The van der Waals surface area contributed by atoms with Crippen LogP contribution in [0.4, 0.5) is 10.5 Å². The first kappa shape index (κ1) is 18.4. The second kappa shape index (κ2) is 7.32. The minimum atomic E-state index is -4.05. The standard InChI is InChI=1S/C13H18N2O8S/c1-22-13(19)15-24(20,21)8-4-2-7(3-5-8)14-12-11(18)10(17)9(6-16)23-12/h2-5,9-12,14,16-18H,6H2,1H3,(H,15,19). The van der Waals surface area contributed by atoms with Crippen molar-refractivity contribution in [3.63, 3.8) is 0 Å². The molecule has 11 heteroatoms. The fourth-order valence-electron chi connectivity index (χ4n) is 2.12. The van der Waals surface area contributed by atoms with Crippen LogP contribution in [0.5, 0.6) is 0 Å². The number of hydrogen-bond donors (Lipinski definition) is 5. The quantitative estimate of drug-likeness (QED) is 0.424. The van der Waals surface area contributed by atoms with Gasteiger partial charge in [-0.05, 0) is 24.3 Å². The molecule has 0 bridgehead atoms. The van der Waals surface area contributed by atoms with Crippen LogP contribution >= 0.6 is 0 Å². The number of carbonyl (C=O) groups excluding carboxylic acids is 1. The Morgan fingerprint density at radius 1 is 1.25 bits per heavy atom. The van der Waals surface area contributed by atoms with E-state index in [1.165, 1.54) is 24.3 Å². The smallest absolute Gasteiger partial charge is 0.420 e. The number of aliphatic hydroxyl groups excluding tert-OH is 3. The van der Waals surface area contributed by atoms with Gasteiger partial charge in [0.2, 0.25) is 0 Å². The van der Waals surface area contributed by atoms with E-state index < -0.39 is 47.3 Å². The molecule has 1 aromatic carbocycles. The molecule has 2 rings (SSSR count). The lowest BCUT2D eigenvalue weighted by Gasteiger charge is -2.17. The summed E-state index contributed by atoms with van der Waals surface area (Å²) in [6.07, 6.45) is -5.49. The van der Waals surface area contributed by atoms with Crippen molar-refractivity contribution in [2.24, 2.45) is 0 Å². The zero-order valence-corrected chi connectivity index (χ0v) is 13.4. The minimum absolute atomic E-state index is 0.167. The van der Waals surface area contributed by atoms with E-state index in [1.54, 1.807) is 4.72 Å². The molecule has 1 aliphatic rings. The predicted molar refractivity (Wildman–Crippen MR) is 80.6 cm³/mol. The van der Waals surface area contributed by atoms with E-state index in [4.69, 9.17) is 9.84 Å². The van der Waals surface area contributed by atoms with Crippen molar-refractivity contribution in [1.29, 1.82) is 0 Å². The van der Waals surface area contributed by atoms with Crippen molar-refractivity contribution >= 4 is 21.8 Å². The Morgan fingerprint density at radius 2 is 1.88 bits per heavy atom. The fraction of sp³-hybridized carbons (Fsp3) is 0.462. The summed E-state index contributed by atoms with van der Waals surface area (Å²) in [5.74, 6) is 0. The molecular weight excluding hydrogens is 344 g/mol. The summed E-state index contributed by atoms with van der Waals surface area (Å²) in [6, 6.07) is 5.24. The van der Waals surface area contributed by atoms with Crippen LogP contribution in [-0.4, -0.2) is 68.1 Å². The first-order valence-corrected chi connectivity index (χ1v) is 8.36. The molecule has 0 aromatic heterocycles. The van der Waals surface area contributed by atoms with Gasteiger partial charge < -0.3 is 30.1 Å². The Morgan fingerprint density at radius 3 is 2.38 bits per heavy atom. The van der Waals surface area contributed by atoms with Crippen LogP contribution in [0.25, 0.3) is 0 Å². The van der Waals surface area contributed by atoms with Crippen LogP contribution in [0.15, 0.2) is 29.2 Å². The number of sulfonamides is 1. The third-order valence-corrected chi connectivity index (χ3v) is 4.75. The van der Waals surface area contributed by atoms with Gasteiger partial charge in [0, 0.05) is 5.69 Å². The second-order valence-corrected chi connectivity index (χ2v) is 6.71. The third kappa shape index (κ3) is 3.94. The topological polar surface area (TPSA) is 154 Å². The largest absolute Gasteiger partial charge is 0.452 e. The third-order valence-electron chi connectivity index (χ3n) is 3.42. The summed E-state index contributed by atoms with van der Waals surface area (Å²) >= 11 is 0. The van der Waals surface area contributed by atoms with E-state index in [9.17, 15) is 23.4 Å². The van der Waals surface area contributed by atoms with Crippen molar-refractivity contribution in [1.82, 2.24) is 4.72 Å². The van der Waals surface area contributed by atoms with Gasteiger partial charge in [-0.3, -0.25) is 0 Å². The molecule has 10 nitrogen and oxygen atoms in total. The van der Waals surface area contributed by atoms with Gasteiger partial charge in [0.15, 0.2) is 6.23 Å². The summed E-state index contributed by atoms with van der Waals surface area (Å²) in [6.45, 7) is -0.452. The molecule has 4 unspecified atom stereocenters. The molecule has 0 saturated carbocycles. The van der Waals surface area contributed by atoms with Gasteiger partial charge in [0.05, 0.1) is 18.6 Å². The van der Waals surface area contributed by atoms with Gasteiger partial charge in [-0.15, -0.1) is 0 Å². The number of carbonyl (C=O) groups is 1. The van der Waals surface area contributed by atoms with Crippen LogP contribution in [0, 0.1) is 0 Å². The number of nitrogens with one attached hydrogen (secondary N) is 2. The summed E-state index contributed by atoms with van der Waals surface area (Å²) in [5.41, 5.74) is 0.404. The molecular formula is C13H18N2O8S. The zero-order chi connectivity index (χ0) is 17.9. The molecule has 0 radical (unpaired) electrons. The molecule has 1 heterocycles. The SMILES string of the molecule is COC(=O)NS(=O)(=O)c1ccc(NC2OC(CO)C(O)C2O)cc1. The van der Waals surface area contributed by atoms with E-state index >= 15 is 0 Å². The Kier molecular flexibility index (Phi) is 5.62. The average Bonchev–Trinajstić information content (AvgIpc) is 2.82. The summed E-state index contributed by atoms with van der Waals surface area (Å²) in [5, 5.41) is 31.3. The van der Waals surface area contributed by atoms with E-state index in [2.05, 4.69) is 10.1 Å². The van der Waals surface area contributed by atoms with E-state index in [0.717, 1.165) is 7.11 Å². The number of methoxy groups -OCH3 is 1. The maximum atomic E-state index is 11.9. The van der Waals surface area contributed by atoms with Gasteiger partial charge in [0.25, 0.3) is 10.0 Å². The van der Waals surface area contributed by atoms with Crippen LogP contribution in [0.1, 0.15) is 0 Å². The fourth-order valence-corrected chi connectivity index (χ4v) is 3.04. The number of benzene rings is 1. The molecule has 1 amide bonds. The Labute approximate surface area is 138 Å². The number of hydrogen-bond acceptors (Lipinski definition) is 9. The Balaban J connectivity index is 2.06. The molecule has 134 valence electrons. The van der Waals surface area contributed by atoms with Gasteiger partial charge in [0.1, 0.15) is 18.3 Å². The number of ether oxygens (including phenoxy) is 2. The predicted octanol–water partition coefficient (Wildman–Crippen LogP) is -1.42. The van der Waals surface area contributed by atoms with Crippen LogP contribution in [0.2, 0.25) is 0 Å². The van der Waals surface area contributed by atoms with Crippen LogP contribution in [-0.2, 0) is 19.5 Å². The highest BCUT2D eigenvalue weighted by atomic mass is 32.2. The van der Waals surface area contributed by atoms with Crippen molar-refractivity contribution in [3.05, 3.63) is 24.3 Å². The highest BCUT2D eigenvalue weighted by Gasteiger charge is 2.42. The lowest BCUT2D eigenvalue weighted by Crippen LogP contribution is -2.36. The molecule has 0 aliphatic carbocycles. The molecule has 4 atom stereocenters. The monoisotopic (exact) mass is 362 g/mol. The van der Waals surface area contributed by atoms with Gasteiger partial charge in [-0.2, -0.15) is 0 Å². The number of amides is 1. The molecule has 1 aliphatic heterocycles. The zero-order valence-electron chi connectivity index (χ0n) is 12.6. The van der Waals surface area contributed by atoms with E-state index in [0.29, 0.717) is 5.69 Å². The van der Waals surface area contributed by atoms with E-state index in [1.807, 2.05) is 0 Å². The maximum absolute atomic E-state index is 11.9. The van der Waals surface area contributed by atoms with Gasteiger partial charge in [-0.25, -0.2) is 17.9 Å². The normalized spacial score (nSPS) is 26.8. The van der Waals surface area contributed by atoms with Crippen LogP contribution in [0.3, 0.4) is 0 Å². The number of aliphatic hydroxyl groups is 3. The van der Waals surface area contributed by atoms with E-state index in [-0.39, 0.29) is 4.90 Å². The first-order valence-electron chi connectivity index (χ1n) is 6.88. The van der Waals surface area contributed by atoms with Crippen molar-refractivity contribution in [3.8, 4) is 0 Å². The van der Waals surface area contributed by atoms with Gasteiger partial charge in [-0.1, -0.05) is 0 Å². The molecule has 1 saturated heterocycles. The van der Waals surface area contributed by atoms with Crippen molar-refractivity contribution in [2.45, 2.75) is 29.4 Å². The molecule has 1 fully saturated rings. The summed E-state index contributed by atoms with van der Waals surface area (Å²) < 4.78 is 34.9. The van der Waals surface area contributed by atoms with Crippen molar-refractivity contribution < 1.29 is 38.0 Å². The van der Waals surface area contributed by atoms with Crippen LogP contribution < -0.4 is 10.0 Å². The average molecular weight is 362 g/mol. The first-order chi connectivity index (χ1) is 11.3. The molecule has 0 spiro atoms. The minimum Gasteiger partial charge on any atom is -0.452 e. The Bertz CT molecular complexity index is 678. The highest BCUT2D eigenvalue weighted by molar-refractivity contribution is 7.90. The molecule has 1 aromatic rings. The highest BCUT2D eigenvalue weighted by Crippen LogP contribution is 2.23. The lowest BCUT2D eigenvalue weighted by atomic mass is 10.1. The molecule has 5 N–H and O–H groups in total. The maximum Gasteiger partial charge on any atom is 0.420 e.